The molecule has 1 saturated heterocycles. The molecule has 4 heteroatoms. The first-order chi connectivity index (χ1) is 9.31. The van der Waals surface area contributed by atoms with Crippen LogP contribution in [0.25, 0.3) is 0 Å². The number of hydrogen-bond acceptors (Lipinski definition) is 2. The molecule has 1 heterocycles. The van der Waals surface area contributed by atoms with Crippen LogP contribution in [0.1, 0.15) is 32.8 Å². The minimum Gasteiger partial charge on any atom is -0.381 e. The van der Waals surface area contributed by atoms with Crippen molar-refractivity contribution in [2.45, 2.75) is 39.2 Å². The van der Waals surface area contributed by atoms with Crippen LogP contribution in [0.4, 0.5) is 0 Å². The molecule has 2 rings (SSSR count). The Hall–Kier alpha value is -0.280. The molecule has 1 aromatic rings. The third-order valence-electron chi connectivity index (χ3n) is 3.78. The maximum Gasteiger partial charge on any atom is 0.0624 e. The molecule has 20 heavy (non-hydrogen) atoms. The first kappa shape index (κ1) is 16.1. The molecular weight excluding hydrogens is 293 g/mol. The van der Waals surface area contributed by atoms with Crippen molar-refractivity contribution in [1.29, 1.82) is 0 Å². The van der Waals surface area contributed by atoms with Crippen LogP contribution >= 0.6 is 23.2 Å². The molecule has 0 radical (unpaired) electrons. The minimum absolute atomic E-state index is 0.105. The molecule has 1 N–H and O–H groups in total. The molecule has 0 saturated carbocycles. The van der Waals surface area contributed by atoms with Crippen LogP contribution in [0, 0.1) is 5.41 Å². The second-order valence-electron chi connectivity index (χ2n) is 6.80. The van der Waals surface area contributed by atoms with E-state index in [-0.39, 0.29) is 11.0 Å². The van der Waals surface area contributed by atoms with E-state index in [0.29, 0.717) is 10.0 Å². The molecule has 0 amide bonds. The average Bonchev–Trinajstić information content (AvgIpc) is 2.81. The smallest absolute Gasteiger partial charge is 0.0624 e. The Labute approximate surface area is 131 Å². The highest BCUT2D eigenvalue weighted by molar-refractivity contribution is 6.42. The topological polar surface area (TPSA) is 21.3 Å². The number of ether oxygens (including phenoxy) is 1. The minimum atomic E-state index is 0.105. The van der Waals surface area contributed by atoms with E-state index in [4.69, 9.17) is 27.9 Å². The lowest BCUT2D eigenvalue weighted by molar-refractivity contribution is 0.144. The summed E-state index contributed by atoms with van der Waals surface area (Å²) in [6.45, 7) is 9.08. The van der Waals surface area contributed by atoms with Gasteiger partial charge in [0.05, 0.1) is 16.7 Å². The molecular formula is C16H23Cl2NO. The summed E-state index contributed by atoms with van der Waals surface area (Å²) in [6.07, 6.45) is 1.95. The van der Waals surface area contributed by atoms with Crippen molar-refractivity contribution < 1.29 is 4.74 Å². The summed E-state index contributed by atoms with van der Waals surface area (Å²) in [4.78, 5) is 0. The van der Waals surface area contributed by atoms with Crippen LogP contribution in [0.5, 0.6) is 0 Å². The summed E-state index contributed by atoms with van der Waals surface area (Å²) in [5.74, 6) is 0. The zero-order valence-electron chi connectivity index (χ0n) is 12.4. The van der Waals surface area contributed by atoms with Crippen molar-refractivity contribution in [3.05, 3.63) is 33.8 Å². The molecule has 0 aliphatic carbocycles. The fourth-order valence-electron chi connectivity index (χ4n) is 2.53. The third kappa shape index (κ3) is 4.11. The monoisotopic (exact) mass is 315 g/mol. The maximum absolute atomic E-state index is 6.33. The van der Waals surface area contributed by atoms with Crippen molar-refractivity contribution in [2.75, 3.05) is 19.8 Å². The van der Waals surface area contributed by atoms with Crippen LogP contribution < -0.4 is 5.32 Å². The van der Waals surface area contributed by atoms with Gasteiger partial charge in [0.1, 0.15) is 0 Å². The molecule has 1 aromatic carbocycles. The van der Waals surface area contributed by atoms with Gasteiger partial charge in [0, 0.05) is 24.1 Å². The van der Waals surface area contributed by atoms with E-state index in [9.17, 15) is 0 Å². The molecule has 1 aliphatic rings. The maximum atomic E-state index is 6.33. The van der Waals surface area contributed by atoms with Crippen LogP contribution in [0.2, 0.25) is 10.0 Å². The molecule has 1 fully saturated rings. The highest BCUT2D eigenvalue weighted by Crippen LogP contribution is 2.36. The quantitative estimate of drug-likeness (QED) is 0.892. The lowest BCUT2D eigenvalue weighted by atomic mass is 9.80. The summed E-state index contributed by atoms with van der Waals surface area (Å²) in [5, 5.41) is 4.91. The van der Waals surface area contributed by atoms with Crippen molar-refractivity contribution >= 4 is 23.2 Å². The molecule has 1 aliphatic heterocycles. The Morgan fingerprint density at radius 2 is 2.05 bits per heavy atom. The van der Waals surface area contributed by atoms with Crippen LogP contribution in [-0.4, -0.2) is 25.3 Å². The number of benzene rings is 1. The van der Waals surface area contributed by atoms with Gasteiger partial charge in [0.15, 0.2) is 0 Å². The first-order valence-corrected chi connectivity index (χ1v) is 7.83. The van der Waals surface area contributed by atoms with Gasteiger partial charge in [-0.05, 0) is 45.2 Å². The number of rotatable bonds is 4. The average molecular weight is 316 g/mol. The number of hydrogen-bond donors (Lipinski definition) is 1. The highest BCUT2D eigenvalue weighted by atomic mass is 35.5. The van der Waals surface area contributed by atoms with Gasteiger partial charge in [-0.2, -0.15) is 0 Å². The lowest BCUT2D eigenvalue weighted by Crippen LogP contribution is -2.45. The normalized spacial score (nSPS) is 23.2. The Morgan fingerprint density at radius 1 is 1.30 bits per heavy atom. The van der Waals surface area contributed by atoms with Gasteiger partial charge >= 0.3 is 0 Å². The standard InChI is InChI=1S/C16H23Cl2NO/c1-15(2,3)19-10-16(7-8-20-11-16)9-12-5-4-6-13(17)14(12)18/h4-6,19H,7-11H2,1-3H3. The van der Waals surface area contributed by atoms with Gasteiger partial charge in [0.2, 0.25) is 0 Å². The van der Waals surface area contributed by atoms with E-state index in [1.54, 1.807) is 0 Å². The number of halogens is 2. The Morgan fingerprint density at radius 3 is 2.65 bits per heavy atom. The van der Waals surface area contributed by atoms with Gasteiger partial charge in [0.25, 0.3) is 0 Å². The molecule has 1 atom stereocenters. The molecule has 1 unspecified atom stereocenters. The van der Waals surface area contributed by atoms with Crippen LogP contribution in [-0.2, 0) is 11.2 Å². The van der Waals surface area contributed by atoms with Crippen molar-refractivity contribution in [3.8, 4) is 0 Å². The van der Waals surface area contributed by atoms with E-state index >= 15 is 0 Å². The zero-order valence-corrected chi connectivity index (χ0v) is 13.9. The van der Waals surface area contributed by atoms with E-state index < -0.39 is 0 Å². The molecule has 112 valence electrons. The third-order valence-corrected chi connectivity index (χ3v) is 4.63. The fourth-order valence-corrected chi connectivity index (χ4v) is 2.92. The molecule has 2 nitrogen and oxygen atoms in total. The second kappa shape index (κ2) is 6.23. The van der Waals surface area contributed by atoms with Gasteiger partial charge in [-0.1, -0.05) is 35.3 Å². The summed E-state index contributed by atoms with van der Waals surface area (Å²) in [7, 11) is 0. The lowest BCUT2D eigenvalue weighted by Gasteiger charge is -2.32. The summed E-state index contributed by atoms with van der Waals surface area (Å²) >= 11 is 12.4. The predicted molar refractivity (Wildman–Crippen MR) is 85.8 cm³/mol. The van der Waals surface area contributed by atoms with Crippen molar-refractivity contribution in [1.82, 2.24) is 5.32 Å². The molecule has 0 aromatic heterocycles. The van der Waals surface area contributed by atoms with Gasteiger partial charge in [-0.25, -0.2) is 0 Å². The molecule has 0 bridgehead atoms. The summed E-state index contributed by atoms with van der Waals surface area (Å²) in [5.41, 5.74) is 1.33. The van der Waals surface area contributed by atoms with Crippen LogP contribution in [0.15, 0.2) is 18.2 Å². The summed E-state index contributed by atoms with van der Waals surface area (Å²) < 4.78 is 5.65. The predicted octanol–water partition coefficient (Wildman–Crippen LogP) is 4.33. The summed E-state index contributed by atoms with van der Waals surface area (Å²) in [6, 6.07) is 5.86. The Bertz CT molecular complexity index is 462. The van der Waals surface area contributed by atoms with E-state index in [0.717, 1.165) is 38.2 Å². The van der Waals surface area contributed by atoms with Gasteiger partial charge in [-0.3, -0.25) is 0 Å². The largest absolute Gasteiger partial charge is 0.381 e. The molecule has 0 spiro atoms. The zero-order chi connectivity index (χ0) is 14.8. The van der Waals surface area contributed by atoms with Crippen molar-refractivity contribution in [2.24, 2.45) is 5.41 Å². The highest BCUT2D eigenvalue weighted by Gasteiger charge is 2.36. The van der Waals surface area contributed by atoms with Crippen LogP contribution in [0.3, 0.4) is 0 Å². The van der Waals surface area contributed by atoms with E-state index in [1.807, 2.05) is 12.1 Å². The Balaban J connectivity index is 2.15. The van der Waals surface area contributed by atoms with E-state index in [1.165, 1.54) is 0 Å². The SMILES string of the molecule is CC(C)(C)NCC1(Cc2cccc(Cl)c2Cl)CCOC1. The Kier molecular flexibility index (Phi) is 5.01. The number of nitrogens with one attached hydrogen (secondary N) is 1. The van der Waals surface area contributed by atoms with Gasteiger partial charge in [-0.15, -0.1) is 0 Å². The first-order valence-electron chi connectivity index (χ1n) is 7.07. The van der Waals surface area contributed by atoms with Gasteiger partial charge < -0.3 is 10.1 Å². The fraction of sp³-hybridized carbons (Fsp3) is 0.625. The van der Waals surface area contributed by atoms with E-state index in [2.05, 4.69) is 32.2 Å². The van der Waals surface area contributed by atoms with Crippen molar-refractivity contribution in [3.63, 3.8) is 0 Å². The second-order valence-corrected chi connectivity index (χ2v) is 7.58.